The highest BCUT2D eigenvalue weighted by molar-refractivity contribution is 5.96. The summed E-state index contributed by atoms with van der Waals surface area (Å²) in [7, 11) is 0. The van der Waals surface area contributed by atoms with E-state index in [1.54, 1.807) is 6.92 Å². The van der Waals surface area contributed by atoms with E-state index in [4.69, 9.17) is 0 Å². The maximum Gasteiger partial charge on any atom is 0.471 e. The first-order valence-corrected chi connectivity index (χ1v) is 4.91. The summed E-state index contributed by atoms with van der Waals surface area (Å²) in [4.78, 5) is 20.6. The minimum atomic E-state index is -5.09. The van der Waals surface area contributed by atoms with E-state index in [2.05, 4.69) is 0 Å². The van der Waals surface area contributed by atoms with Gasteiger partial charge >= 0.3 is 12.1 Å². The summed E-state index contributed by atoms with van der Waals surface area (Å²) in [6, 6.07) is 3.63. The average Bonchev–Trinajstić information content (AvgIpc) is 2.27. The van der Waals surface area contributed by atoms with E-state index in [-0.39, 0.29) is 0 Å². The van der Waals surface area contributed by atoms with Gasteiger partial charge in [-0.2, -0.15) is 13.2 Å². The Labute approximate surface area is 99.8 Å². The standard InChI is InChI=1S/C10H9F3N2O3/c1-2-6-3-4-7(8(5-6)15(17)18)14-9(16)10(11,12)13/h3-5H,2H2,1H3,(H,14,16). The lowest BCUT2D eigenvalue weighted by molar-refractivity contribution is -0.384. The van der Waals surface area contributed by atoms with Gasteiger partial charge in [-0.1, -0.05) is 13.0 Å². The molecule has 1 aromatic carbocycles. The normalized spacial score (nSPS) is 11.1. The SMILES string of the molecule is CCc1ccc(NC(=O)C(F)(F)F)c([N+](=O)[O-])c1. The summed E-state index contributed by atoms with van der Waals surface area (Å²) in [5.74, 6) is -2.24. The third-order valence-corrected chi connectivity index (χ3v) is 2.17. The van der Waals surface area contributed by atoms with Crippen molar-refractivity contribution in [1.82, 2.24) is 0 Å². The predicted octanol–water partition coefficient (Wildman–Crippen LogP) is 2.66. The number of aryl methyl sites for hydroxylation is 1. The Kier molecular flexibility index (Phi) is 3.89. The molecule has 8 heteroatoms. The molecule has 1 rings (SSSR count). The number of nitrogens with zero attached hydrogens (tertiary/aromatic N) is 1. The molecule has 0 aliphatic carbocycles. The fraction of sp³-hybridized carbons (Fsp3) is 0.300. The number of benzene rings is 1. The third-order valence-electron chi connectivity index (χ3n) is 2.17. The molecule has 0 saturated carbocycles. The van der Waals surface area contributed by atoms with Crippen LogP contribution in [0, 0.1) is 10.1 Å². The van der Waals surface area contributed by atoms with E-state index < -0.39 is 28.4 Å². The number of nitro benzene ring substituents is 1. The molecule has 0 aliphatic rings. The molecule has 0 aliphatic heterocycles. The number of nitrogens with one attached hydrogen (secondary N) is 1. The maximum absolute atomic E-state index is 12.0. The molecule has 0 aromatic heterocycles. The van der Waals surface area contributed by atoms with Gasteiger partial charge in [0.15, 0.2) is 0 Å². The second kappa shape index (κ2) is 5.03. The van der Waals surface area contributed by atoms with Crippen LogP contribution in [0.5, 0.6) is 0 Å². The van der Waals surface area contributed by atoms with Crippen molar-refractivity contribution in [3.8, 4) is 0 Å². The van der Waals surface area contributed by atoms with Gasteiger partial charge in [-0.15, -0.1) is 0 Å². The van der Waals surface area contributed by atoms with Crippen LogP contribution in [-0.4, -0.2) is 17.0 Å². The van der Waals surface area contributed by atoms with Gasteiger partial charge in [0, 0.05) is 6.07 Å². The van der Waals surface area contributed by atoms with Gasteiger partial charge in [0.25, 0.3) is 5.69 Å². The third kappa shape index (κ3) is 3.19. The number of anilines is 1. The van der Waals surface area contributed by atoms with E-state index in [1.165, 1.54) is 11.4 Å². The first-order valence-electron chi connectivity index (χ1n) is 4.91. The summed E-state index contributed by atoms with van der Waals surface area (Å²) in [6.07, 6.45) is -4.59. The van der Waals surface area contributed by atoms with Crippen LogP contribution in [-0.2, 0) is 11.2 Å². The van der Waals surface area contributed by atoms with Crippen molar-refractivity contribution >= 4 is 17.3 Å². The molecule has 0 bridgehead atoms. The monoisotopic (exact) mass is 262 g/mol. The topological polar surface area (TPSA) is 72.2 Å². The Balaban J connectivity index is 3.09. The van der Waals surface area contributed by atoms with Gasteiger partial charge in [-0.3, -0.25) is 14.9 Å². The average molecular weight is 262 g/mol. The van der Waals surface area contributed by atoms with Crippen LogP contribution in [0.4, 0.5) is 24.5 Å². The molecule has 5 nitrogen and oxygen atoms in total. The van der Waals surface area contributed by atoms with Crippen molar-refractivity contribution in [3.63, 3.8) is 0 Å². The van der Waals surface area contributed by atoms with Gasteiger partial charge in [-0.25, -0.2) is 0 Å². The van der Waals surface area contributed by atoms with Gasteiger partial charge in [0.05, 0.1) is 4.92 Å². The minimum Gasteiger partial charge on any atom is -0.312 e. The number of hydrogen-bond acceptors (Lipinski definition) is 3. The second-order valence-electron chi connectivity index (χ2n) is 3.41. The number of carbonyl (C=O) groups excluding carboxylic acids is 1. The molecule has 18 heavy (non-hydrogen) atoms. The number of nitro groups is 1. The van der Waals surface area contributed by atoms with Crippen molar-refractivity contribution in [2.75, 3.05) is 5.32 Å². The zero-order chi connectivity index (χ0) is 13.9. The smallest absolute Gasteiger partial charge is 0.312 e. The van der Waals surface area contributed by atoms with Crippen LogP contribution >= 0.6 is 0 Å². The summed E-state index contributed by atoms with van der Waals surface area (Å²) in [6.45, 7) is 1.74. The van der Waals surface area contributed by atoms with E-state index in [0.29, 0.717) is 12.0 Å². The van der Waals surface area contributed by atoms with Crippen molar-refractivity contribution in [2.24, 2.45) is 0 Å². The van der Waals surface area contributed by atoms with Crippen LogP contribution in [0.15, 0.2) is 18.2 Å². The largest absolute Gasteiger partial charge is 0.471 e. The van der Waals surface area contributed by atoms with Crippen LogP contribution in [0.3, 0.4) is 0 Å². The Morgan fingerprint density at radius 2 is 2.06 bits per heavy atom. The zero-order valence-corrected chi connectivity index (χ0v) is 9.25. The number of rotatable bonds is 3. The Morgan fingerprint density at radius 3 is 2.50 bits per heavy atom. The zero-order valence-electron chi connectivity index (χ0n) is 9.25. The molecule has 1 aromatic rings. The lowest BCUT2D eigenvalue weighted by atomic mass is 10.1. The number of hydrogen-bond donors (Lipinski definition) is 1. The molecule has 0 spiro atoms. The predicted molar refractivity (Wildman–Crippen MR) is 57.2 cm³/mol. The minimum absolute atomic E-state index is 0.473. The number of amides is 1. The summed E-state index contributed by atoms with van der Waals surface area (Å²) in [5, 5.41) is 12.2. The summed E-state index contributed by atoms with van der Waals surface area (Å²) < 4.78 is 36.1. The molecule has 0 saturated heterocycles. The first-order chi connectivity index (χ1) is 8.25. The first kappa shape index (κ1) is 13.9. The molecular formula is C10H9F3N2O3. The Bertz CT molecular complexity index is 486. The summed E-state index contributed by atoms with van der Waals surface area (Å²) in [5.41, 5.74) is -0.446. The lowest BCUT2D eigenvalue weighted by Crippen LogP contribution is -2.30. The Hall–Kier alpha value is -2.12. The van der Waals surface area contributed by atoms with Crippen LogP contribution in [0.25, 0.3) is 0 Å². The van der Waals surface area contributed by atoms with Crippen molar-refractivity contribution in [1.29, 1.82) is 0 Å². The molecule has 0 fully saturated rings. The van der Waals surface area contributed by atoms with Crippen LogP contribution in [0.1, 0.15) is 12.5 Å². The molecular weight excluding hydrogens is 253 g/mol. The van der Waals surface area contributed by atoms with E-state index >= 15 is 0 Å². The quantitative estimate of drug-likeness (QED) is 0.672. The number of alkyl halides is 3. The van der Waals surface area contributed by atoms with Crippen molar-refractivity contribution in [2.45, 2.75) is 19.5 Å². The van der Waals surface area contributed by atoms with E-state index in [0.717, 1.165) is 12.1 Å². The van der Waals surface area contributed by atoms with E-state index in [9.17, 15) is 28.1 Å². The van der Waals surface area contributed by atoms with Crippen molar-refractivity contribution in [3.05, 3.63) is 33.9 Å². The molecule has 0 radical (unpaired) electrons. The lowest BCUT2D eigenvalue weighted by Gasteiger charge is -2.09. The molecule has 0 heterocycles. The van der Waals surface area contributed by atoms with Crippen LogP contribution in [0.2, 0.25) is 0 Å². The van der Waals surface area contributed by atoms with Gasteiger partial charge in [-0.05, 0) is 18.1 Å². The second-order valence-corrected chi connectivity index (χ2v) is 3.41. The molecule has 1 N–H and O–H groups in total. The Morgan fingerprint density at radius 1 is 1.44 bits per heavy atom. The maximum atomic E-state index is 12.0. The summed E-state index contributed by atoms with van der Waals surface area (Å²) >= 11 is 0. The fourth-order valence-corrected chi connectivity index (χ4v) is 1.25. The molecule has 0 atom stereocenters. The molecule has 0 unspecified atom stereocenters. The van der Waals surface area contributed by atoms with Gasteiger partial charge in [0.1, 0.15) is 5.69 Å². The molecule has 1 amide bonds. The fourth-order valence-electron chi connectivity index (χ4n) is 1.25. The van der Waals surface area contributed by atoms with Gasteiger partial charge in [0.2, 0.25) is 0 Å². The molecule has 98 valence electrons. The highest BCUT2D eigenvalue weighted by atomic mass is 19.4. The van der Waals surface area contributed by atoms with Crippen molar-refractivity contribution < 1.29 is 22.9 Å². The highest BCUT2D eigenvalue weighted by Crippen LogP contribution is 2.27. The van der Waals surface area contributed by atoms with Crippen LogP contribution < -0.4 is 5.32 Å². The highest BCUT2D eigenvalue weighted by Gasteiger charge is 2.39. The van der Waals surface area contributed by atoms with E-state index in [1.807, 2.05) is 0 Å². The number of carbonyl (C=O) groups is 1. The van der Waals surface area contributed by atoms with Gasteiger partial charge < -0.3 is 5.32 Å². The number of halogens is 3.